The van der Waals surface area contributed by atoms with Crippen LogP contribution in [0.15, 0.2) is 24.3 Å². The quantitative estimate of drug-likeness (QED) is 0.920. The monoisotopic (exact) mass is 325 g/mol. The van der Waals surface area contributed by atoms with Crippen LogP contribution in [0.4, 0.5) is 5.82 Å². The summed E-state index contributed by atoms with van der Waals surface area (Å²) in [5.41, 5.74) is 8.56. The third kappa shape index (κ3) is 2.78. The fourth-order valence-electron chi connectivity index (χ4n) is 2.56. The number of aromatic nitrogens is 2. The van der Waals surface area contributed by atoms with Crippen molar-refractivity contribution in [3.8, 4) is 11.3 Å². The highest BCUT2D eigenvalue weighted by atomic mass is 35.5. The van der Waals surface area contributed by atoms with Crippen LogP contribution < -0.4 is 5.73 Å². The molecule has 5 nitrogen and oxygen atoms in total. The molecule has 7 heteroatoms. The lowest BCUT2D eigenvalue weighted by Crippen LogP contribution is -2.14. The zero-order valence-corrected chi connectivity index (χ0v) is 13.2. The number of nitrogens with zero attached hydrogens (tertiary/aromatic N) is 2. The van der Waals surface area contributed by atoms with Gasteiger partial charge in [0.1, 0.15) is 5.82 Å². The second kappa shape index (κ2) is 5.03. The van der Waals surface area contributed by atoms with Gasteiger partial charge in [-0.3, -0.25) is 0 Å². The number of benzene rings is 1. The average Bonchev–Trinajstić information content (AvgIpc) is 2.95. The molecule has 0 radical (unpaired) electrons. The first-order valence-electron chi connectivity index (χ1n) is 6.68. The van der Waals surface area contributed by atoms with Gasteiger partial charge >= 0.3 is 0 Å². The molecule has 1 saturated heterocycles. The molecule has 0 amide bonds. The predicted molar refractivity (Wildman–Crippen MR) is 84.1 cm³/mol. The summed E-state index contributed by atoms with van der Waals surface area (Å²) < 4.78 is 24.8. The molecule has 3 rings (SSSR count). The zero-order chi connectivity index (χ0) is 15.2. The molecule has 1 aliphatic rings. The Morgan fingerprint density at radius 1 is 1.38 bits per heavy atom. The zero-order valence-electron chi connectivity index (χ0n) is 11.6. The van der Waals surface area contributed by atoms with Crippen molar-refractivity contribution in [1.82, 2.24) is 9.78 Å². The van der Waals surface area contributed by atoms with E-state index in [0.717, 1.165) is 11.1 Å². The van der Waals surface area contributed by atoms with Gasteiger partial charge in [0.2, 0.25) is 0 Å². The standard InChI is InChI=1S/C14H16ClN3O2S/c1-9-2-3-10(6-12(9)15)13-7-14(16)18(17-13)11-4-5-21(19,20)8-11/h2-3,6-7,11H,4-5,8,16H2,1H3. The minimum Gasteiger partial charge on any atom is -0.384 e. The van der Waals surface area contributed by atoms with Crippen LogP contribution in [0.5, 0.6) is 0 Å². The van der Waals surface area contributed by atoms with Crippen LogP contribution in [0.1, 0.15) is 18.0 Å². The third-order valence-electron chi connectivity index (χ3n) is 3.79. The molecule has 1 unspecified atom stereocenters. The highest BCUT2D eigenvalue weighted by Gasteiger charge is 2.31. The number of hydrogen-bond donors (Lipinski definition) is 1. The van der Waals surface area contributed by atoms with Crippen molar-refractivity contribution < 1.29 is 8.42 Å². The van der Waals surface area contributed by atoms with E-state index < -0.39 is 9.84 Å². The smallest absolute Gasteiger partial charge is 0.152 e. The summed E-state index contributed by atoms with van der Waals surface area (Å²) in [7, 11) is -2.97. The van der Waals surface area contributed by atoms with Gasteiger partial charge in [-0.05, 0) is 25.0 Å². The minimum absolute atomic E-state index is 0.104. The van der Waals surface area contributed by atoms with Gasteiger partial charge in [0.05, 0.1) is 23.2 Å². The molecule has 0 saturated carbocycles. The third-order valence-corrected chi connectivity index (χ3v) is 5.94. The van der Waals surface area contributed by atoms with E-state index in [1.807, 2.05) is 25.1 Å². The Labute approximate surface area is 128 Å². The topological polar surface area (TPSA) is 78.0 Å². The van der Waals surface area contributed by atoms with E-state index in [1.54, 1.807) is 10.7 Å². The Balaban J connectivity index is 1.96. The molecule has 1 fully saturated rings. The SMILES string of the molecule is Cc1ccc(-c2cc(N)n(C3CCS(=O)(=O)C3)n2)cc1Cl. The maximum atomic E-state index is 11.6. The van der Waals surface area contributed by atoms with E-state index in [1.165, 1.54) is 0 Å². The molecule has 0 bridgehead atoms. The Hall–Kier alpha value is -1.53. The molecule has 2 heterocycles. The van der Waals surface area contributed by atoms with E-state index >= 15 is 0 Å². The average molecular weight is 326 g/mol. The minimum atomic E-state index is -2.97. The van der Waals surface area contributed by atoms with Gasteiger partial charge < -0.3 is 5.73 Å². The molecule has 1 aliphatic heterocycles. The van der Waals surface area contributed by atoms with Gasteiger partial charge in [0.15, 0.2) is 9.84 Å². The summed E-state index contributed by atoms with van der Waals surface area (Å²) in [5.74, 6) is 0.777. The van der Waals surface area contributed by atoms with Crippen LogP contribution in [0.3, 0.4) is 0 Å². The molecule has 2 aromatic rings. The maximum absolute atomic E-state index is 11.6. The molecule has 112 valence electrons. The highest BCUT2D eigenvalue weighted by Crippen LogP contribution is 2.30. The van der Waals surface area contributed by atoms with Gasteiger partial charge in [0.25, 0.3) is 0 Å². The summed E-state index contributed by atoms with van der Waals surface area (Å²) in [5, 5.41) is 5.14. The van der Waals surface area contributed by atoms with Crippen molar-refractivity contribution in [2.45, 2.75) is 19.4 Å². The van der Waals surface area contributed by atoms with Crippen molar-refractivity contribution in [2.75, 3.05) is 17.2 Å². The molecule has 0 aliphatic carbocycles. The summed E-state index contributed by atoms with van der Waals surface area (Å²) >= 11 is 6.13. The van der Waals surface area contributed by atoms with Gasteiger partial charge in [-0.1, -0.05) is 23.7 Å². The number of hydrogen-bond acceptors (Lipinski definition) is 4. The van der Waals surface area contributed by atoms with Gasteiger partial charge in [-0.15, -0.1) is 0 Å². The lowest BCUT2D eigenvalue weighted by molar-refractivity contribution is 0.508. The van der Waals surface area contributed by atoms with Crippen molar-refractivity contribution in [3.63, 3.8) is 0 Å². The number of nitrogens with two attached hydrogens (primary N) is 1. The second-order valence-electron chi connectivity index (χ2n) is 5.42. The Morgan fingerprint density at radius 3 is 2.76 bits per heavy atom. The number of rotatable bonds is 2. The van der Waals surface area contributed by atoms with E-state index in [4.69, 9.17) is 17.3 Å². The first-order chi connectivity index (χ1) is 9.85. The summed E-state index contributed by atoms with van der Waals surface area (Å²) in [6.45, 7) is 1.93. The maximum Gasteiger partial charge on any atom is 0.152 e. The van der Waals surface area contributed by atoms with E-state index in [-0.39, 0.29) is 17.5 Å². The number of anilines is 1. The molecule has 0 spiro atoms. The number of aryl methyl sites for hydroxylation is 1. The van der Waals surface area contributed by atoms with E-state index in [9.17, 15) is 8.42 Å². The molecule has 21 heavy (non-hydrogen) atoms. The predicted octanol–water partition coefficient (Wildman–Crippen LogP) is 2.45. The lowest BCUT2D eigenvalue weighted by atomic mass is 10.1. The summed E-state index contributed by atoms with van der Waals surface area (Å²) in [6.07, 6.45) is 0.558. The Morgan fingerprint density at radius 2 is 2.14 bits per heavy atom. The molecular formula is C14H16ClN3O2S. The summed E-state index contributed by atoms with van der Waals surface area (Å²) in [4.78, 5) is 0. The van der Waals surface area contributed by atoms with Crippen LogP contribution in [-0.4, -0.2) is 29.7 Å². The lowest BCUT2D eigenvalue weighted by Gasteiger charge is -2.10. The van der Waals surface area contributed by atoms with Gasteiger partial charge in [0, 0.05) is 16.7 Å². The van der Waals surface area contributed by atoms with Crippen molar-refractivity contribution in [3.05, 3.63) is 34.9 Å². The first-order valence-corrected chi connectivity index (χ1v) is 8.87. The molecular weight excluding hydrogens is 310 g/mol. The van der Waals surface area contributed by atoms with E-state index in [0.29, 0.717) is 23.0 Å². The molecule has 1 atom stereocenters. The summed E-state index contributed by atoms with van der Waals surface area (Å²) in [6, 6.07) is 7.27. The van der Waals surface area contributed by atoms with Crippen LogP contribution in [0, 0.1) is 6.92 Å². The van der Waals surface area contributed by atoms with Crippen molar-refractivity contribution >= 4 is 27.3 Å². The largest absolute Gasteiger partial charge is 0.384 e. The number of halogens is 1. The van der Waals surface area contributed by atoms with Crippen molar-refractivity contribution in [1.29, 1.82) is 0 Å². The molecule has 1 aromatic heterocycles. The first kappa shape index (κ1) is 14.4. The van der Waals surface area contributed by atoms with Gasteiger partial charge in [-0.25, -0.2) is 13.1 Å². The number of sulfone groups is 1. The normalized spacial score (nSPS) is 20.8. The highest BCUT2D eigenvalue weighted by molar-refractivity contribution is 7.91. The van der Waals surface area contributed by atoms with E-state index in [2.05, 4.69) is 5.10 Å². The Kier molecular flexibility index (Phi) is 3.45. The fraction of sp³-hybridized carbons (Fsp3) is 0.357. The van der Waals surface area contributed by atoms with Gasteiger partial charge in [-0.2, -0.15) is 5.10 Å². The molecule has 2 N–H and O–H groups in total. The number of nitrogen functional groups attached to an aromatic ring is 1. The Bertz CT molecular complexity index is 799. The van der Waals surface area contributed by atoms with Crippen LogP contribution >= 0.6 is 11.6 Å². The van der Waals surface area contributed by atoms with Crippen molar-refractivity contribution in [2.24, 2.45) is 0 Å². The fourth-order valence-corrected chi connectivity index (χ4v) is 4.44. The second-order valence-corrected chi connectivity index (χ2v) is 8.06. The molecule has 1 aromatic carbocycles. The van der Waals surface area contributed by atoms with Crippen LogP contribution in [-0.2, 0) is 9.84 Å². The van der Waals surface area contributed by atoms with Crippen LogP contribution in [0.25, 0.3) is 11.3 Å². The van der Waals surface area contributed by atoms with Crippen LogP contribution in [0.2, 0.25) is 5.02 Å².